The first-order valence-corrected chi connectivity index (χ1v) is 15.0. The fraction of sp³-hybridized carbons (Fsp3) is 0.105. The van der Waals surface area contributed by atoms with Crippen molar-refractivity contribution in [1.82, 2.24) is 19.9 Å². The number of aromatic carboxylic acids is 2. The van der Waals surface area contributed by atoms with E-state index in [1.165, 1.54) is 46.5 Å². The van der Waals surface area contributed by atoms with E-state index < -0.39 is 11.9 Å². The van der Waals surface area contributed by atoms with E-state index >= 15 is 0 Å². The van der Waals surface area contributed by atoms with Gasteiger partial charge in [-0.25, -0.2) is 9.59 Å². The average molecular weight is 643 g/mol. The number of carbonyl (C=O) groups is 2. The van der Waals surface area contributed by atoms with E-state index in [-0.39, 0.29) is 11.1 Å². The zero-order chi connectivity index (χ0) is 34.4. The highest BCUT2D eigenvalue weighted by molar-refractivity contribution is 5.89. The maximum absolute atomic E-state index is 10.3. The first kappa shape index (κ1) is 36.1. The van der Waals surface area contributed by atoms with Gasteiger partial charge in [0.25, 0.3) is 0 Å². The van der Waals surface area contributed by atoms with Gasteiger partial charge in [-0.05, 0) is 133 Å². The summed E-state index contributed by atoms with van der Waals surface area (Å²) in [7, 11) is 0. The van der Waals surface area contributed by atoms with Crippen molar-refractivity contribution in [3.05, 3.63) is 180 Å². The van der Waals surface area contributed by atoms with E-state index in [1.807, 2.05) is 49.6 Å². The molecule has 10 nitrogen and oxygen atoms in total. The van der Waals surface area contributed by atoms with Crippen molar-refractivity contribution in [1.29, 1.82) is 0 Å². The van der Waals surface area contributed by atoms with Crippen LogP contribution in [0.5, 0.6) is 0 Å². The molecule has 0 aliphatic carbocycles. The molecule has 6 aromatic rings. The molecule has 10 heteroatoms. The molecule has 0 bridgehead atoms. The van der Waals surface area contributed by atoms with Crippen LogP contribution in [0.2, 0.25) is 0 Å². The number of nitrogen functional groups attached to an aromatic ring is 2. The van der Waals surface area contributed by atoms with Gasteiger partial charge in [0.15, 0.2) is 0 Å². The molecular formula is C38H38N6O4. The minimum absolute atomic E-state index is 0.222. The van der Waals surface area contributed by atoms with Crippen LogP contribution in [0.4, 0.5) is 11.4 Å². The lowest BCUT2D eigenvalue weighted by Crippen LogP contribution is -1.96. The van der Waals surface area contributed by atoms with Crippen molar-refractivity contribution in [3.8, 4) is 0 Å². The number of benzene rings is 2. The van der Waals surface area contributed by atoms with Crippen molar-refractivity contribution in [2.75, 3.05) is 11.5 Å². The Morgan fingerprint density at radius 1 is 0.438 bits per heavy atom. The Labute approximate surface area is 279 Å². The molecule has 0 amide bonds. The Kier molecular flexibility index (Phi) is 15.5. The topological polar surface area (TPSA) is 178 Å². The zero-order valence-electron chi connectivity index (χ0n) is 26.3. The summed E-state index contributed by atoms with van der Waals surface area (Å²) in [6, 6.07) is 28.8. The number of rotatable bonds is 8. The van der Waals surface area contributed by atoms with E-state index in [9.17, 15) is 9.59 Å². The van der Waals surface area contributed by atoms with Crippen LogP contribution in [-0.4, -0.2) is 42.1 Å². The predicted molar refractivity (Wildman–Crippen MR) is 187 cm³/mol. The number of pyridine rings is 4. The lowest BCUT2D eigenvalue weighted by Gasteiger charge is -2.00. The molecule has 0 aliphatic heterocycles. The van der Waals surface area contributed by atoms with Crippen LogP contribution in [0.25, 0.3) is 0 Å². The highest BCUT2D eigenvalue weighted by atomic mass is 16.4. The molecule has 0 aliphatic rings. The molecule has 0 fully saturated rings. The first-order chi connectivity index (χ1) is 23.3. The summed E-state index contributed by atoms with van der Waals surface area (Å²) in [4.78, 5) is 36.6. The molecule has 0 radical (unpaired) electrons. The number of anilines is 2. The number of aromatic nitrogens is 4. The lowest BCUT2D eigenvalue weighted by molar-refractivity contribution is 0.0686. The third-order valence-electron chi connectivity index (χ3n) is 6.67. The van der Waals surface area contributed by atoms with E-state index in [2.05, 4.69) is 68.5 Å². The molecule has 4 aromatic heterocycles. The predicted octanol–water partition coefficient (Wildman–Crippen LogP) is 6.46. The number of hydrogen-bond donors (Lipinski definition) is 4. The van der Waals surface area contributed by atoms with E-state index in [4.69, 9.17) is 21.7 Å². The van der Waals surface area contributed by atoms with Crippen LogP contribution < -0.4 is 11.5 Å². The summed E-state index contributed by atoms with van der Waals surface area (Å²) in [6.45, 7) is 0. The molecule has 0 unspecified atom stereocenters. The van der Waals surface area contributed by atoms with Crippen LogP contribution >= 0.6 is 0 Å². The van der Waals surface area contributed by atoms with Crippen molar-refractivity contribution in [2.24, 2.45) is 0 Å². The van der Waals surface area contributed by atoms with Gasteiger partial charge in [0, 0.05) is 60.9 Å². The molecular weight excluding hydrogens is 604 g/mol. The van der Waals surface area contributed by atoms with E-state index in [0.717, 1.165) is 25.7 Å². The summed E-state index contributed by atoms with van der Waals surface area (Å²) in [6.07, 6.45) is 18.9. The van der Waals surface area contributed by atoms with Gasteiger partial charge in [-0.1, -0.05) is 12.1 Å². The van der Waals surface area contributed by atoms with Gasteiger partial charge in [0.2, 0.25) is 0 Å². The van der Waals surface area contributed by atoms with Gasteiger partial charge in [-0.3, -0.25) is 19.9 Å². The number of nitrogens with two attached hydrogens (primary N) is 2. The number of nitrogens with zero attached hydrogens (tertiary/aromatic N) is 4. The van der Waals surface area contributed by atoms with Gasteiger partial charge in [0.1, 0.15) is 0 Å². The summed E-state index contributed by atoms with van der Waals surface area (Å²) < 4.78 is 0. The van der Waals surface area contributed by atoms with Crippen molar-refractivity contribution in [2.45, 2.75) is 25.7 Å². The standard InChI is InChI=1S/2C12H12N2.2C7H7NO2/c2*1(11-3-7-13-8-4-11)2-12-5-9-14-10-6-12;2*8-6-3-1-2-5(4-6)7(9)10/h2*3-10H,1-2H2;2*1-4H,8H2,(H,9,10). The monoisotopic (exact) mass is 642 g/mol. The normalized spacial score (nSPS) is 9.67. The molecule has 4 heterocycles. The minimum Gasteiger partial charge on any atom is -0.478 e. The fourth-order valence-corrected chi connectivity index (χ4v) is 4.12. The lowest BCUT2D eigenvalue weighted by atomic mass is 10.1. The molecule has 0 spiro atoms. The summed E-state index contributed by atoms with van der Waals surface area (Å²) in [5.41, 5.74) is 17.4. The third-order valence-corrected chi connectivity index (χ3v) is 6.67. The first-order valence-electron chi connectivity index (χ1n) is 15.0. The second-order valence-electron chi connectivity index (χ2n) is 10.3. The number of aryl methyl sites for hydroxylation is 4. The van der Waals surface area contributed by atoms with E-state index in [1.54, 1.807) is 24.3 Å². The third kappa shape index (κ3) is 14.6. The molecule has 244 valence electrons. The quantitative estimate of drug-likeness (QED) is 0.135. The molecule has 0 saturated heterocycles. The van der Waals surface area contributed by atoms with Gasteiger partial charge in [-0.2, -0.15) is 0 Å². The van der Waals surface area contributed by atoms with E-state index in [0.29, 0.717) is 11.4 Å². The molecule has 0 saturated carbocycles. The van der Waals surface area contributed by atoms with Crippen LogP contribution in [0.15, 0.2) is 147 Å². The fourth-order valence-electron chi connectivity index (χ4n) is 4.12. The summed E-state index contributed by atoms with van der Waals surface area (Å²) in [5.74, 6) is -1.90. The Balaban J connectivity index is 0.000000176. The Morgan fingerprint density at radius 3 is 0.875 bits per heavy atom. The highest BCUT2D eigenvalue weighted by Gasteiger charge is 2.01. The second kappa shape index (κ2) is 20.6. The molecule has 2 aromatic carbocycles. The SMILES string of the molecule is Nc1cccc(C(=O)O)c1.Nc1cccc(C(=O)O)c1.c1cc(CCc2ccncc2)ccn1.c1cc(CCc2ccncc2)ccn1. The summed E-state index contributed by atoms with van der Waals surface area (Å²) in [5, 5.41) is 16.9. The number of carboxylic acids is 2. The minimum atomic E-state index is -0.952. The van der Waals surface area contributed by atoms with Crippen molar-refractivity contribution < 1.29 is 19.8 Å². The van der Waals surface area contributed by atoms with Crippen molar-refractivity contribution in [3.63, 3.8) is 0 Å². The van der Waals surface area contributed by atoms with Crippen LogP contribution in [-0.2, 0) is 25.7 Å². The van der Waals surface area contributed by atoms with Crippen LogP contribution in [0.1, 0.15) is 43.0 Å². The smallest absolute Gasteiger partial charge is 0.335 e. The average Bonchev–Trinajstić information content (AvgIpc) is 3.12. The van der Waals surface area contributed by atoms with Gasteiger partial charge < -0.3 is 21.7 Å². The van der Waals surface area contributed by atoms with Crippen LogP contribution in [0, 0.1) is 0 Å². The molecule has 48 heavy (non-hydrogen) atoms. The number of carboxylic acid groups (broad SMARTS) is 2. The van der Waals surface area contributed by atoms with Crippen LogP contribution in [0.3, 0.4) is 0 Å². The summed E-state index contributed by atoms with van der Waals surface area (Å²) >= 11 is 0. The molecule has 0 atom stereocenters. The maximum Gasteiger partial charge on any atom is 0.335 e. The van der Waals surface area contributed by atoms with Gasteiger partial charge in [0.05, 0.1) is 11.1 Å². The largest absolute Gasteiger partial charge is 0.478 e. The van der Waals surface area contributed by atoms with Gasteiger partial charge in [-0.15, -0.1) is 0 Å². The Bertz CT molecular complexity index is 1580. The Morgan fingerprint density at radius 2 is 0.688 bits per heavy atom. The molecule has 6 N–H and O–H groups in total. The maximum atomic E-state index is 10.3. The number of hydrogen-bond acceptors (Lipinski definition) is 8. The highest BCUT2D eigenvalue weighted by Crippen LogP contribution is 2.08. The van der Waals surface area contributed by atoms with Crippen molar-refractivity contribution >= 4 is 23.3 Å². The molecule has 6 rings (SSSR count). The van der Waals surface area contributed by atoms with Gasteiger partial charge >= 0.3 is 11.9 Å². The Hall–Kier alpha value is -6.42. The zero-order valence-corrected chi connectivity index (χ0v) is 26.3. The second-order valence-corrected chi connectivity index (χ2v) is 10.3.